The zero-order valence-corrected chi connectivity index (χ0v) is 16.3. The first-order chi connectivity index (χ1) is 13.8. The van der Waals surface area contributed by atoms with Crippen LogP contribution in [0.4, 0.5) is 11.4 Å². The molecule has 0 aliphatic rings. The average molecular weight is 383 g/mol. The Morgan fingerprint density at radius 2 is 1.46 bits per heavy atom. The SMILES string of the molecule is Clc1cccc(Nc2ccc(-c3[c]ccc(CCc4ccccc4)c3)cc2)c1. The number of halogens is 1. The quantitative estimate of drug-likeness (QED) is 0.368. The normalized spacial score (nSPS) is 10.6. The highest BCUT2D eigenvalue weighted by Crippen LogP contribution is 2.25. The highest BCUT2D eigenvalue weighted by molar-refractivity contribution is 6.30. The summed E-state index contributed by atoms with van der Waals surface area (Å²) in [6, 6.07) is 36.5. The molecule has 0 amide bonds. The summed E-state index contributed by atoms with van der Waals surface area (Å²) in [4.78, 5) is 0. The molecule has 1 nitrogen and oxygen atoms in total. The predicted octanol–water partition coefficient (Wildman–Crippen LogP) is 7.34. The van der Waals surface area contributed by atoms with Gasteiger partial charge in [0.15, 0.2) is 0 Å². The summed E-state index contributed by atoms with van der Waals surface area (Å²) in [5, 5.41) is 4.10. The second-order valence-electron chi connectivity index (χ2n) is 6.81. The number of hydrogen-bond donors (Lipinski definition) is 1. The molecule has 2 heteroatoms. The minimum absolute atomic E-state index is 0.725. The number of benzene rings is 4. The first kappa shape index (κ1) is 18.3. The molecule has 0 saturated heterocycles. The van der Waals surface area contributed by atoms with Crippen LogP contribution in [-0.4, -0.2) is 0 Å². The Morgan fingerprint density at radius 1 is 0.679 bits per heavy atom. The standard InChI is InChI=1S/C26H21ClN/c27-24-10-5-11-26(19-24)28-25-16-14-22(15-17-25)23-9-4-8-21(18-23)13-12-20-6-2-1-3-7-20/h1-8,10-11,14-19,28H,12-13H2. The van der Waals surface area contributed by atoms with E-state index in [1.165, 1.54) is 16.7 Å². The van der Waals surface area contributed by atoms with Crippen molar-refractivity contribution in [2.45, 2.75) is 12.8 Å². The number of nitrogens with one attached hydrogen (secondary N) is 1. The summed E-state index contributed by atoms with van der Waals surface area (Å²) in [6.07, 6.45) is 2.08. The second-order valence-corrected chi connectivity index (χ2v) is 7.25. The minimum atomic E-state index is 0.725. The van der Waals surface area contributed by atoms with Crippen molar-refractivity contribution in [2.75, 3.05) is 5.32 Å². The molecule has 0 heterocycles. The molecule has 1 N–H and O–H groups in total. The molecule has 4 aromatic rings. The molecule has 0 aliphatic heterocycles. The van der Waals surface area contributed by atoms with Gasteiger partial charge in [-0.3, -0.25) is 0 Å². The Kier molecular flexibility index (Phi) is 5.75. The summed E-state index contributed by atoms with van der Waals surface area (Å²) in [5.74, 6) is 0. The van der Waals surface area contributed by atoms with E-state index in [0.717, 1.165) is 34.8 Å². The first-order valence-corrected chi connectivity index (χ1v) is 9.82. The fourth-order valence-corrected chi connectivity index (χ4v) is 3.43. The highest BCUT2D eigenvalue weighted by atomic mass is 35.5. The van der Waals surface area contributed by atoms with Crippen LogP contribution in [0.5, 0.6) is 0 Å². The maximum Gasteiger partial charge on any atom is 0.0426 e. The van der Waals surface area contributed by atoms with Crippen molar-refractivity contribution in [1.29, 1.82) is 0 Å². The molecule has 1 radical (unpaired) electrons. The maximum absolute atomic E-state index is 6.05. The van der Waals surface area contributed by atoms with Crippen LogP contribution >= 0.6 is 11.6 Å². The van der Waals surface area contributed by atoms with Crippen molar-refractivity contribution < 1.29 is 0 Å². The van der Waals surface area contributed by atoms with Gasteiger partial charge in [-0.15, -0.1) is 0 Å². The van der Waals surface area contributed by atoms with Crippen LogP contribution in [0.25, 0.3) is 11.1 Å². The van der Waals surface area contributed by atoms with E-state index in [4.69, 9.17) is 11.6 Å². The Balaban J connectivity index is 1.45. The largest absolute Gasteiger partial charge is 0.355 e. The lowest BCUT2D eigenvalue weighted by Crippen LogP contribution is -1.92. The van der Waals surface area contributed by atoms with Gasteiger partial charge >= 0.3 is 0 Å². The molecule has 0 aromatic heterocycles. The van der Waals surface area contributed by atoms with Crippen LogP contribution in [0.2, 0.25) is 5.02 Å². The molecule has 0 spiro atoms. The van der Waals surface area contributed by atoms with Gasteiger partial charge in [0.05, 0.1) is 0 Å². The van der Waals surface area contributed by atoms with E-state index in [2.05, 4.69) is 78.1 Å². The van der Waals surface area contributed by atoms with Gasteiger partial charge in [0.25, 0.3) is 0 Å². The average Bonchev–Trinajstić information content (AvgIpc) is 2.74. The van der Waals surface area contributed by atoms with Crippen LogP contribution in [0.15, 0.2) is 97.1 Å². The molecule has 0 bridgehead atoms. The molecule has 137 valence electrons. The van der Waals surface area contributed by atoms with Crippen LogP contribution in [-0.2, 0) is 12.8 Å². The summed E-state index contributed by atoms with van der Waals surface area (Å²) in [6.45, 7) is 0. The monoisotopic (exact) mass is 382 g/mol. The third-order valence-electron chi connectivity index (χ3n) is 4.72. The van der Waals surface area contributed by atoms with Crippen molar-refractivity contribution in [2.24, 2.45) is 0 Å². The smallest absolute Gasteiger partial charge is 0.0426 e. The lowest BCUT2D eigenvalue weighted by molar-refractivity contribution is 0.960. The Bertz CT molecular complexity index is 1040. The van der Waals surface area contributed by atoms with Gasteiger partial charge in [0, 0.05) is 16.4 Å². The van der Waals surface area contributed by atoms with Crippen molar-refractivity contribution in [3.63, 3.8) is 0 Å². The summed E-state index contributed by atoms with van der Waals surface area (Å²) < 4.78 is 0. The molecule has 28 heavy (non-hydrogen) atoms. The van der Waals surface area contributed by atoms with Gasteiger partial charge < -0.3 is 5.32 Å². The van der Waals surface area contributed by atoms with Crippen LogP contribution in [0, 0.1) is 6.07 Å². The Labute approximate surface area is 171 Å². The molecule has 0 saturated carbocycles. The molecular weight excluding hydrogens is 362 g/mol. The van der Waals surface area contributed by atoms with Crippen molar-refractivity contribution in [1.82, 2.24) is 0 Å². The molecule has 0 fully saturated rings. The summed E-state index contributed by atoms with van der Waals surface area (Å²) >= 11 is 6.05. The zero-order valence-electron chi connectivity index (χ0n) is 15.5. The first-order valence-electron chi connectivity index (χ1n) is 9.44. The second kappa shape index (κ2) is 8.77. The van der Waals surface area contributed by atoms with E-state index in [9.17, 15) is 0 Å². The Hall–Kier alpha value is -3.03. The molecule has 0 unspecified atom stereocenters. The van der Waals surface area contributed by atoms with E-state index >= 15 is 0 Å². The van der Waals surface area contributed by atoms with Crippen LogP contribution < -0.4 is 5.32 Å². The zero-order chi connectivity index (χ0) is 19.2. The lowest BCUT2D eigenvalue weighted by Gasteiger charge is -2.09. The number of hydrogen-bond acceptors (Lipinski definition) is 1. The number of anilines is 2. The fourth-order valence-electron chi connectivity index (χ4n) is 3.24. The third-order valence-corrected chi connectivity index (χ3v) is 4.96. The van der Waals surface area contributed by atoms with Crippen LogP contribution in [0.1, 0.15) is 11.1 Å². The van der Waals surface area contributed by atoms with E-state index in [-0.39, 0.29) is 0 Å². The van der Waals surface area contributed by atoms with Gasteiger partial charge in [-0.1, -0.05) is 78.3 Å². The van der Waals surface area contributed by atoms with Crippen LogP contribution in [0.3, 0.4) is 0 Å². The van der Waals surface area contributed by atoms with Crippen molar-refractivity contribution >= 4 is 23.0 Å². The number of rotatable bonds is 6. The molecular formula is C26H21ClN. The molecule has 0 atom stereocenters. The highest BCUT2D eigenvalue weighted by Gasteiger charge is 2.02. The molecule has 4 aromatic carbocycles. The minimum Gasteiger partial charge on any atom is -0.355 e. The van der Waals surface area contributed by atoms with Gasteiger partial charge in [0.2, 0.25) is 0 Å². The molecule has 0 aliphatic carbocycles. The predicted molar refractivity (Wildman–Crippen MR) is 119 cm³/mol. The van der Waals surface area contributed by atoms with E-state index in [0.29, 0.717) is 0 Å². The van der Waals surface area contributed by atoms with Gasteiger partial charge in [-0.2, -0.15) is 0 Å². The van der Waals surface area contributed by atoms with Crippen molar-refractivity contribution in [3.05, 3.63) is 119 Å². The van der Waals surface area contributed by atoms with E-state index < -0.39 is 0 Å². The summed E-state index contributed by atoms with van der Waals surface area (Å²) in [7, 11) is 0. The Morgan fingerprint density at radius 3 is 2.25 bits per heavy atom. The van der Waals surface area contributed by atoms with Gasteiger partial charge in [-0.05, 0) is 71.5 Å². The molecule has 4 rings (SSSR count). The maximum atomic E-state index is 6.05. The lowest BCUT2D eigenvalue weighted by atomic mass is 9.99. The third kappa shape index (κ3) is 4.82. The van der Waals surface area contributed by atoms with Crippen molar-refractivity contribution in [3.8, 4) is 11.1 Å². The van der Waals surface area contributed by atoms with E-state index in [1.54, 1.807) is 0 Å². The number of aryl methyl sites for hydroxylation is 2. The van der Waals surface area contributed by atoms with Gasteiger partial charge in [0.1, 0.15) is 0 Å². The fraction of sp³-hybridized carbons (Fsp3) is 0.0769. The van der Waals surface area contributed by atoms with Gasteiger partial charge in [-0.25, -0.2) is 0 Å². The van der Waals surface area contributed by atoms with E-state index in [1.807, 2.05) is 30.3 Å². The topological polar surface area (TPSA) is 12.0 Å². The summed E-state index contributed by atoms with van der Waals surface area (Å²) in [5.41, 5.74) is 7.01.